The molecule has 0 aliphatic heterocycles. The minimum Gasteiger partial charge on any atom is -0.481 e. The molecule has 0 atom stereocenters. The van der Waals surface area contributed by atoms with Crippen LogP contribution in [0.1, 0.15) is 64.7 Å². The smallest absolute Gasteiger partial charge is 0.311 e. The monoisotopic (exact) mass is 296 g/mol. The molecule has 0 radical (unpaired) electrons. The third kappa shape index (κ3) is 3.96. The highest BCUT2D eigenvalue weighted by atomic mass is 16.4. The fourth-order valence-corrected chi connectivity index (χ4v) is 3.69. The van der Waals surface area contributed by atoms with Gasteiger partial charge in [0.05, 0.1) is 5.41 Å². The highest BCUT2D eigenvalue weighted by molar-refractivity contribution is 5.80. The molecule has 120 valence electrons. The first-order valence-corrected chi connectivity index (χ1v) is 8.14. The Morgan fingerprint density at radius 1 is 1.19 bits per heavy atom. The number of nitrogens with one attached hydrogen (secondary N) is 1. The molecular formula is C16H28N2O3. The number of carboxylic acids is 1. The lowest BCUT2D eigenvalue weighted by Crippen LogP contribution is -2.48. The maximum absolute atomic E-state index is 12.1. The topological polar surface area (TPSA) is 92.4 Å². The van der Waals surface area contributed by atoms with Gasteiger partial charge in [-0.3, -0.25) is 9.59 Å². The van der Waals surface area contributed by atoms with Crippen LogP contribution < -0.4 is 11.1 Å². The highest BCUT2D eigenvalue weighted by Gasteiger charge is 2.41. The summed E-state index contributed by atoms with van der Waals surface area (Å²) in [5.41, 5.74) is 5.05. The van der Waals surface area contributed by atoms with Crippen molar-refractivity contribution in [1.82, 2.24) is 5.32 Å². The van der Waals surface area contributed by atoms with Crippen LogP contribution in [0.3, 0.4) is 0 Å². The van der Waals surface area contributed by atoms with E-state index in [1.54, 1.807) is 0 Å². The first-order valence-electron chi connectivity index (χ1n) is 8.14. The SMILES string of the molecule is CC1CCC(CNC(=O)CC2(N)CCCC2)(C(=O)O)CC1. The van der Waals surface area contributed by atoms with Crippen molar-refractivity contribution in [2.45, 2.75) is 70.3 Å². The molecule has 0 aromatic heterocycles. The summed E-state index contributed by atoms with van der Waals surface area (Å²) in [7, 11) is 0. The Morgan fingerprint density at radius 3 is 2.29 bits per heavy atom. The number of amides is 1. The number of aliphatic carboxylic acids is 1. The number of hydrogen-bond donors (Lipinski definition) is 3. The fourth-order valence-electron chi connectivity index (χ4n) is 3.69. The molecule has 2 aliphatic carbocycles. The van der Waals surface area contributed by atoms with Gasteiger partial charge >= 0.3 is 5.97 Å². The second kappa shape index (κ2) is 6.34. The van der Waals surface area contributed by atoms with Crippen molar-refractivity contribution in [3.8, 4) is 0 Å². The lowest BCUT2D eigenvalue weighted by atomic mass is 9.70. The van der Waals surface area contributed by atoms with E-state index in [-0.39, 0.29) is 18.0 Å². The fraction of sp³-hybridized carbons (Fsp3) is 0.875. The maximum atomic E-state index is 12.1. The number of carbonyl (C=O) groups is 2. The normalized spacial score (nSPS) is 31.8. The molecule has 0 spiro atoms. The van der Waals surface area contributed by atoms with Gasteiger partial charge in [-0.15, -0.1) is 0 Å². The first-order chi connectivity index (χ1) is 9.85. The zero-order valence-electron chi connectivity index (χ0n) is 13.0. The van der Waals surface area contributed by atoms with Crippen molar-refractivity contribution in [2.75, 3.05) is 6.54 Å². The number of nitrogens with two attached hydrogens (primary N) is 1. The second-order valence-corrected chi connectivity index (χ2v) is 7.29. The summed E-state index contributed by atoms with van der Waals surface area (Å²) in [6.45, 7) is 2.40. The molecule has 0 saturated heterocycles. The van der Waals surface area contributed by atoms with E-state index in [1.165, 1.54) is 0 Å². The Labute approximate surface area is 126 Å². The molecule has 0 bridgehead atoms. The minimum absolute atomic E-state index is 0.0985. The van der Waals surface area contributed by atoms with E-state index in [0.717, 1.165) is 38.5 Å². The second-order valence-electron chi connectivity index (χ2n) is 7.29. The summed E-state index contributed by atoms with van der Waals surface area (Å²) < 4.78 is 0. The average Bonchev–Trinajstić information content (AvgIpc) is 2.84. The van der Waals surface area contributed by atoms with E-state index in [2.05, 4.69) is 12.2 Å². The van der Waals surface area contributed by atoms with E-state index < -0.39 is 11.4 Å². The Bertz CT molecular complexity index is 394. The summed E-state index contributed by atoms with van der Waals surface area (Å²) in [5, 5.41) is 12.4. The molecule has 2 saturated carbocycles. The van der Waals surface area contributed by atoms with Crippen molar-refractivity contribution in [1.29, 1.82) is 0 Å². The third-order valence-electron chi connectivity index (χ3n) is 5.42. The Kier molecular flexibility index (Phi) is 4.91. The van der Waals surface area contributed by atoms with Gasteiger partial charge in [0.25, 0.3) is 0 Å². The van der Waals surface area contributed by atoms with Gasteiger partial charge < -0.3 is 16.2 Å². The molecule has 2 rings (SSSR count). The summed E-state index contributed by atoms with van der Waals surface area (Å²) in [6, 6.07) is 0. The molecule has 5 nitrogen and oxygen atoms in total. The van der Waals surface area contributed by atoms with Gasteiger partial charge in [0, 0.05) is 18.5 Å². The van der Waals surface area contributed by atoms with Crippen LogP contribution in [0, 0.1) is 11.3 Å². The first kappa shape index (κ1) is 16.3. The summed E-state index contributed by atoms with van der Waals surface area (Å²) >= 11 is 0. The van der Waals surface area contributed by atoms with Crippen molar-refractivity contribution in [2.24, 2.45) is 17.1 Å². The summed E-state index contributed by atoms with van der Waals surface area (Å²) in [5.74, 6) is -0.296. The van der Waals surface area contributed by atoms with Crippen LogP contribution in [0.2, 0.25) is 0 Å². The molecule has 2 fully saturated rings. The molecule has 0 aromatic carbocycles. The molecule has 1 amide bonds. The van der Waals surface area contributed by atoms with Gasteiger partial charge in [-0.2, -0.15) is 0 Å². The van der Waals surface area contributed by atoms with E-state index in [9.17, 15) is 14.7 Å². The van der Waals surface area contributed by atoms with Crippen LogP contribution in [0.15, 0.2) is 0 Å². The Morgan fingerprint density at radius 2 is 1.76 bits per heavy atom. The van der Waals surface area contributed by atoms with Crippen LogP contribution in [0.25, 0.3) is 0 Å². The molecule has 4 N–H and O–H groups in total. The van der Waals surface area contributed by atoms with Crippen molar-refractivity contribution in [3.63, 3.8) is 0 Å². The van der Waals surface area contributed by atoms with Crippen LogP contribution in [-0.4, -0.2) is 29.1 Å². The van der Waals surface area contributed by atoms with Crippen LogP contribution in [0.4, 0.5) is 0 Å². The quantitative estimate of drug-likeness (QED) is 0.724. The minimum atomic E-state index is -0.780. The molecule has 0 aromatic rings. The van der Waals surface area contributed by atoms with E-state index in [4.69, 9.17) is 5.73 Å². The van der Waals surface area contributed by atoms with Gasteiger partial charge in [0.1, 0.15) is 0 Å². The van der Waals surface area contributed by atoms with E-state index >= 15 is 0 Å². The predicted octanol–water partition coefficient (Wildman–Crippen LogP) is 2.05. The van der Waals surface area contributed by atoms with Crippen LogP contribution in [-0.2, 0) is 9.59 Å². The van der Waals surface area contributed by atoms with E-state index in [0.29, 0.717) is 25.2 Å². The van der Waals surface area contributed by atoms with Gasteiger partial charge in [-0.05, 0) is 44.4 Å². The summed E-state index contributed by atoms with van der Waals surface area (Å²) in [4.78, 5) is 23.7. The molecular weight excluding hydrogens is 268 g/mol. The maximum Gasteiger partial charge on any atom is 0.311 e. The Hall–Kier alpha value is -1.10. The zero-order valence-corrected chi connectivity index (χ0v) is 13.0. The largest absolute Gasteiger partial charge is 0.481 e. The number of rotatable bonds is 5. The predicted molar refractivity (Wildman–Crippen MR) is 80.7 cm³/mol. The van der Waals surface area contributed by atoms with Crippen molar-refractivity contribution >= 4 is 11.9 Å². The van der Waals surface area contributed by atoms with Crippen LogP contribution in [0.5, 0.6) is 0 Å². The summed E-state index contributed by atoms with van der Waals surface area (Å²) in [6.07, 6.45) is 7.41. The third-order valence-corrected chi connectivity index (χ3v) is 5.42. The van der Waals surface area contributed by atoms with Gasteiger partial charge in [0.15, 0.2) is 0 Å². The molecule has 0 heterocycles. The molecule has 2 aliphatic rings. The molecule has 21 heavy (non-hydrogen) atoms. The Balaban J connectivity index is 1.87. The molecule has 0 unspecified atom stereocenters. The number of carboxylic acid groups (broad SMARTS) is 1. The lowest BCUT2D eigenvalue weighted by Gasteiger charge is -2.36. The van der Waals surface area contributed by atoms with Gasteiger partial charge in [0.2, 0.25) is 5.91 Å². The van der Waals surface area contributed by atoms with E-state index in [1.807, 2.05) is 0 Å². The van der Waals surface area contributed by atoms with Crippen LogP contribution >= 0.6 is 0 Å². The number of hydrogen-bond acceptors (Lipinski definition) is 3. The van der Waals surface area contributed by atoms with Crippen molar-refractivity contribution < 1.29 is 14.7 Å². The lowest BCUT2D eigenvalue weighted by molar-refractivity contribution is -0.151. The zero-order chi connectivity index (χ0) is 15.5. The number of carbonyl (C=O) groups excluding carboxylic acids is 1. The van der Waals surface area contributed by atoms with Crippen molar-refractivity contribution in [3.05, 3.63) is 0 Å². The van der Waals surface area contributed by atoms with Gasteiger partial charge in [-0.25, -0.2) is 0 Å². The average molecular weight is 296 g/mol. The molecule has 5 heteroatoms. The standard InChI is InChI=1S/C16H28N2O3/c1-12-4-8-15(9-5-12,14(20)21)11-18-13(19)10-16(17)6-2-3-7-16/h12H,2-11,17H2,1H3,(H,18,19)(H,20,21). The highest BCUT2D eigenvalue weighted by Crippen LogP contribution is 2.39. The van der Waals surface area contributed by atoms with Gasteiger partial charge in [-0.1, -0.05) is 19.8 Å².